The van der Waals surface area contributed by atoms with Crippen molar-refractivity contribution >= 4 is 16.7 Å². The Kier molecular flexibility index (Phi) is 5.96. The van der Waals surface area contributed by atoms with Crippen LogP contribution in [0.1, 0.15) is 25.8 Å². The Hall–Kier alpha value is -1.87. The number of carbonyl (C=O) groups is 1. The Labute approximate surface area is 133 Å². The molecule has 0 saturated heterocycles. The van der Waals surface area contributed by atoms with E-state index >= 15 is 0 Å². The molecule has 0 aliphatic rings. The van der Waals surface area contributed by atoms with E-state index in [0.717, 1.165) is 13.0 Å². The third-order valence-corrected chi connectivity index (χ3v) is 3.94. The average molecular weight is 298 g/mol. The van der Waals surface area contributed by atoms with Crippen molar-refractivity contribution in [2.75, 3.05) is 13.6 Å². The number of likely N-dealkylation sites (N-methyl/N-ethyl adjacent to an activating group) is 1. The molecular formula is C19H26N2O. The van der Waals surface area contributed by atoms with Gasteiger partial charge in [0.2, 0.25) is 5.91 Å². The molecule has 0 aliphatic carbocycles. The molecule has 0 bridgehead atoms. The lowest BCUT2D eigenvalue weighted by molar-refractivity contribution is -0.123. The van der Waals surface area contributed by atoms with Crippen LogP contribution in [-0.2, 0) is 11.2 Å². The molecule has 2 N–H and O–H groups in total. The highest BCUT2D eigenvalue weighted by atomic mass is 16.2. The fraction of sp³-hybridized carbons (Fsp3) is 0.421. The van der Waals surface area contributed by atoms with Crippen LogP contribution in [0.4, 0.5) is 0 Å². The molecule has 2 aromatic rings. The van der Waals surface area contributed by atoms with E-state index in [2.05, 4.69) is 54.8 Å². The maximum atomic E-state index is 12.3. The van der Waals surface area contributed by atoms with Gasteiger partial charge in [-0.2, -0.15) is 0 Å². The van der Waals surface area contributed by atoms with Crippen LogP contribution in [0.15, 0.2) is 42.5 Å². The zero-order valence-corrected chi connectivity index (χ0v) is 13.7. The van der Waals surface area contributed by atoms with E-state index in [-0.39, 0.29) is 11.9 Å². The van der Waals surface area contributed by atoms with Crippen molar-refractivity contribution < 1.29 is 4.79 Å². The average Bonchev–Trinajstić information content (AvgIpc) is 2.52. The van der Waals surface area contributed by atoms with Gasteiger partial charge >= 0.3 is 0 Å². The van der Waals surface area contributed by atoms with Gasteiger partial charge in [0, 0.05) is 6.54 Å². The first-order valence-corrected chi connectivity index (χ1v) is 8.03. The molecule has 0 radical (unpaired) electrons. The zero-order chi connectivity index (χ0) is 15.9. The van der Waals surface area contributed by atoms with Crippen LogP contribution in [0.5, 0.6) is 0 Å². The molecule has 22 heavy (non-hydrogen) atoms. The summed E-state index contributed by atoms with van der Waals surface area (Å²) in [5.41, 5.74) is 1.18. The minimum atomic E-state index is -0.187. The second-order valence-electron chi connectivity index (χ2n) is 6.20. The second kappa shape index (κ2) is 7.95. The summed E-state index contributed by atoms with van der Waals surface area (Å²) in [5, 5.41) is 8.59. The smallest absolute Gasteiger partial charge is 0.237 e. The fourth-order valence-electron chi connectivity index (χ4n) is 2.53. The predicted molar refractivity (Wildman–Crippen MR) is 93.0 cm³/mol. The molecule has 0 fully saturated rings. The van der Waals surface area contributed by atoms with Gasteiger partial charge in [-0.25, -0.2) is 0 Å². The second-order valence-corrected chi connectivity index (χ2v) is 6.20. The summed E-state index contributed by atoms with van der Waals surface area (Å²) in [4.78, 5) is 12.3. The van der Waals surface area contributed by atoms with Crippen LogP contribution in [0, 0.1) is 5.92 Å². The predicted octanol–water partition coefficient (Wildman–Crippen LogP) is 3.13. The number of amides is 1. The van der Waals surface area contributed by atoms with Gasteiger partial charge in [-0.1, -0.05) is 56.3 Å². The van der Waals surface area contributed by atoms with Gasteiger partial charge < -0.3 is 10.6 Å². The van der Waals surface area contributed by atoms with E-state index in [0.29, 0.717) is 12.3 Å². The third kappa shape index (κ3) is 4.57. The van der Waals surface area contributed by atoms with E-state index in [1.165, 1.54) is 16.3 Å². The number of hydrogen-bond acceptors (Lipinski definition) is 2. The van der Waals surface area contributed by atoms with Crippen molar-refractivity contribution in [1.82, 2.24) is 10.6 Å². The summed E-state index contributed by atoms with van der Waals surface area (Å²) in [7, 11) is 1.84. The summed E-state index contributed by atoms with van der Waals surface area (Å²) in [6.45, 7) is 5.07. The monoisotopic (exact) mass is 298 g/mol. The van der Waals surface area contributed by atoms with Gasteiger partial charge in [-0.3, -0.25) is 4.79 Å². The Bertz CT molecular complexity index is 622. The number of nitrogens with one attached hydrogen (secondary N) is 2. The minimum absolute atomic E-state index is 0.0799. The normalized spacial score (nSPS) is 12.5. The highest BCUT2D eigenvalue weighted by molar-refractivity contribution is 5.84. The Morgan fingerprint density at radius 1 is 1.09 bits per heavy atom. The molecule has 2 rings (SSSR count). The molecule has 1 atom stereocenters. The van der Waals surface area contributed by atoms with E-state index in [1.54, 1.807) is 0 Å². The van der Waals surface area contributed by atoms with Crippen LogP contribution < -0.4 is 10.6 Å². The van der Waals surface area contributed by atoms with Crippen LogP contribution in [-0.4, -0.2) is 25.5 Å². The van der Waals surface area contributed by atoms with E-state index < -0.39 is 0 Å². The van der Waals surface area contributed by atoms with Crippen molar-refractivity contribution in [3.63, 3.8) is 0 Å². The van der Waals surface area contributed by atoms with E-state index in [1.807, 2.05) is 19.2 Å². The molecule has 3 nitrogen and oxygen atoms in total. The van der Waals surface area contributed by atoms with Gasteiger partial charge in [0.05, 0.1) is 6.04 Å². The van der Waals surface area contributed by atoms with Crippen LogP contribution in [0.3, 0.4) is 0 Å². The van der Waals surface area contributed by atoms with Crippen molar-refractivity contribution in [2.24, 2.45) is 5.92 Å². The molecule has 0 heterocycles. The molecular weight excluding hydrogens is 272 g/mol. The summed E-state index contributed by atoms with van der Waals surface area (Å²) in [6.07, 6.45) is 1.72. The maximum absolute atomic E-state index is 12.3. The van der Waals surface area contributed by atoms with Gasteiger partial charge in [0.1, 0.15) is 0 Å². The largest absolute Gasteiger partial charge is 0.355 e. The Balaban J connectivity index is 2.00. The first-order chi connectivity index (χ1) is 10.6. The molecule has 118 valence electrons. The summed E-state index contributed by atoms with van der Waals surface area (Å²) < 4.78 is 0. The van der Waals surface area contributed by atoms with Gasteiger partial charge in [0.25, 0.3) is 0 Å². The first kappa shape index (κ1) is 16.5. The SMILES string of the molecule is CN[C@@H](Cc1ccc2ccccc2c1)C(=O)NCCC(C)C. The lowest BCUT2D eigenvalue weighted by atomic mass is 10.0. The lowest BCUT2D eigenvalue weighted by Crippen LogP contribution is -2.44. The molecule has 0 saturated carbocycles. The van der Waals surface area contributed by atoms with Crippen LogP contribution in [0.2, 0.25) is 0 Å². The highest BCUT2D eigenvalue weighted by Gasteiger charge is 2.16. The van der Waals surface area contributed by atoms with E-state index in [4.69, 9.17) is 0 Å². The number of rotatable bonds is 7. The summed E-state index contributed by atoms with van der Waals surface area (Å²) >= 11 is 0. The topological polar surface area (TPSA) is 41.1 Å². The van der Waals surface area contributed by atoms with Crippen LogP contribution >= 0.6 is 0 Å². The number of fused-ring (bicyclic) bond motifs is 1. The molecule has 3 heteroatoms. The quantitative estimate of drug-likeness (QED) is 0.824. The third-order valence-electron chi connectivity index (χ3n) is 3.94. The fourth-order valence-corrected chi connectivity index (χ4v) is 2.53. The van der Waals surface area contributed by atoms with E-state index in [9.17, 15) is 4.79 Å². The molecule has 0 aliphatic heterocycles. The van der Waals surface area contributed by atoms with Crippen molar-refractivity contribution in [3.8, 4) is 0 Å². The Morgan fingerprint density at radius 3 is 2.50 bits per heavy atom. The van der Waals surface area contributed by atoms with Crippen molar-refractivity contribution in [3.05, 3.63) is 48.0 Å². The lowest BCUT2D eigenvalue weighted by Gasteiger charge is -2.17. The number of benzene rings is 2. The molecule has 1 amide bonds. The number of hydrogen-bond donors (Lipinski definition) is 2. The molecule has 0 unspecified atom stereocenters. The first-order valence-electron chi connectivity index (χ1n) is 8.03. The Morgan fingerprint density at radius 2 is 1.82 bits per heavy atom. The minimum Gasteiger partial charge on any atom is -0.355 e. The number of carbonyl (C=O) groups excluding carboxylic acids is 1. The summed E-state index contributed by atoms with van der Waals surface area (Å²) in [6, 6.07) is 14.5. The van der Waals surface area contributed by atoms with Crippen molar-refractivity contribution in [1.29, 1.82) is 0 Å². The molecule has 2 aromatic carbocycles. The van der Waals surface area contributed by atoms with Crippen LogP contribution in [0.25, 0.3) is 10.8 Å². The molecule has 0 spiro atoms. The molecule has 0 aromatic heterocycles. The van der Waals surface area contributed by atoms with Gasteiger partial charge in [0.15, 0.2) is 0 Å². The maximum Gasteiger partial charge on any atom is 0.237 e. The van der Waals surface area contributed by atoms with Gasteiger partial charge in [-0.05, 0) is 42.1 Å². The zero-order valence-electron chi connectivity index (χ0n) is 13.7. The van der Waals surface area contributed by atoms with Gasteiger partial charge in [-0.15, -0.1) is 0 Å². The summed E-state index contributed by atoms with van der Waals surface area (Å²) in [5.74, 6) is 0.685. The standard InChI is InChI=1S/C19H26N2O/c1-14(2)10-11-21-19(22)18(20-3)13-15-8-9-16-6-4-5-7-17(16)12-15/h4-9,12,14,18,20H,10-11,13H2,1-3H3,(H,21,22)/t18-/m0/s1. The van der Waals surface area contributed by atoms with Crippen molar-refractivity contribution in [2.45, 2.75) is 32.7 Å². The highest BCUT2D eigenvalue weighted by Crippen LogP contribution is 2.16.